The van der Waals surface area contributed by atoms with Crippen molar-refractivity contribution in [3.63, 3.8) is 0 Å². The summed E-state index contributed by atoms with van der Waals surface area (Å²) < 4.78 is 10.7. The second kappa shape index (κ2) is 7.09. The van der Waals surface area contributed by atoms with Crippen molar-refractivity contribution in [1.82, 2.24) is 4.90 Å². The van der Waals surface area contributed by atoms with Gasteiger partial charge in [0.1, 0.15) is 0 Å². The van der Waals surface area contributed by atoms with Crippen molar-refractivity contribution in [2.45, 2.75) is 32.4 Å². The number of carbonyl (C=O) groups is 2. The zero-order chi connectivity index (χ0) is 18.1. The maximum absolute atomic E-state index is 12.6. The summed E-state index contributed by atoms with van der Waals surface area (Å²) in [5, 5.41) is 7.04. The third kappa shape index (κ3) is 3.73. The monoisotopic (exact) mass is 372 g/mol. The first-order chi connectivity index (χ1) is 12.6. The molecular formula is C19H20N2O4S. The largest absolute Gasteiger partial charge is 0.454 e. The minimum Gasteiger partial charge on any atom is -0.454 e. The van der Waals surface area contributed by atoms with Gasteiger partial charge >= 0.3 is 0 Å². The van der Waals surface area contributed by atoms with Crippen LogP contribution in [0.4, 0.5) is 5.69 Å². The van der Waals surface area contributed by atoms with E-state index in [-0.39, 0.29) is 18.5 Å². The summed E-state index contributed by atoms with van der Waals surface area (Å²) in [5.74, 6) is 0.817. The number of carbonyl (C=O) groups excluding carboxylic acids is 2. The number of hydrogen-bond donors (Lipinski definition) is 1. The highest BCUT2D eigenvalue weighted by atomic mass is 32.1. The van der Waals surface area contributed by atoms with E-state index < -0.39 is 0 Å². The molecule has 2 heterocycles. The van der Waals surface area contributed by atoms with Gasteiger partial charge in [-0.1, -0.05) is 0 Å². The summed E-state index contributed by atoms with van der Waals surface area (Å²) in [6.07, 6.45) is 2.25. The second-order valence-electron chi connectivity index (χ2n) is 6.62. The van der Waals surface area contributed by atoms with E-state index in [4.69, 9.17) is 9.47 Å². The van der Waals surface area contributed by atoms with Gasteiger partial charge in [0.2, 0.25) is 12.7 Å². The van der Waals surface area contributed by atoms with Crippen molar-refractivity contribution in [3.8, 4) is 11.5 Å². The fraction of sp³-hybridized carbons (Fsp3) is 0.368. The molecule has 4 rings (SSSR count). The Bertz CT molecular complexity index is 830. The third-order valence-electron chi connectivity index (χ3n) is 4.54. The summed E-state index contributed by atoms with van der Waals surface area (Å²) in [6, 6.07) is 5.84. The molecule has 1 N–H and O–H groups in total. The average Bonchev–Trinajstić information content (AvgIpc) is 3.13. The minimum atomic E-state index is -0.131. The van der Waals surface area contributed by atoms with Gasteiger partial charge in [-0.25, -0.2) is 0 Å². The Balaban J connectivity index is 1.48. The normalized spacial score (nSPS) is 15.3. The first-order valence-electron chi connectivity index (χ1n) is 8.59. The molecule has 1 fully saturated rings. The molecule has 6 nitrogen and oxygen atoms in total. The Morgan fingerprint density at radius 2 is 2.04 bits per heavy atom. The van der Waals surface area contributed by atoms with E-state index in [1.54, 1.807) is 23.5 Å². The maximum Gasteiger partial charge on any atom is 0.238 e. The molecule has 2 aromatic rings. The fourth-order valence-electron chi connectivity index (χ4n) is 3.08. The van der Waals surface area contributed by atoms with Crippen LogP contribution >= 0.6 is 11.3 Å². The molecule has 1 aromatic heterocycles. The van der Waals surface area contributed by atoms with Crippen LogP contribution in [0, 0.1) is 0 Å². The molecule has 0 atom stereocenters. The number of ketones is 1. The smallest absolute Gasteiger partial charge is 0.238 e. The SMILES string of the molecule is CC(=O)c1cc2c(cc1NC(=O)CN(Cc1ccsc1)C1CC1)OCO2. The first kappa shape index (κ1) is 17.1. The lowest BCUT2D eigenvalue weighted by Gasteiger charge is -2.21. The summed E-state index contributed by atoms with van der Waals surface area (Å²) in [4.78, 5) is 26.8. The van der Waals surface area contributed by atoms with Gasteiger partial charge < -0.3 is 14.8 Å². The quantitative estimate of drug-likeness (QED) is 0.756. The number of anilines is 1. The van der Waals surface area contributed by atoms with Crippen molar-refractivity contribution in [2.75, 3.05) is 18.7 Å². The van der Waals surface area contributed by atoms with Crippen LogP contribution < -0.4 is 14.8 Å². The van der Waals surface area contributed by atoms with Crippen molar-refractivity contribution < 1.29 is 19.1 Å². The zero-order valence-corrected chi connectivity index (χ0v) is 15.3. The molecular weight excluding hydrogens is 352 g/mol. The topological polar surface area (TPSA) is 67.9 Å². The lowest BCUT2D eigenvalue weighted by Crippen LogP contribution is -2.34. The average molecular weight is 372 g/mol. The van der Waals surface area contributed by atoms with Crippen LogP contribution in [0.3, 0.4) is 0 Å². The number of benzene rings is 1. The van der Waals surface area contributed by atoms with Crippen LogP contribution in [-0.4, -0.2) is 36.0 Å². The van der Waals surface area contributed by atoms with Crippen LogP contribution in [0.25, 0.3) is 0 Å². The summed E-state index contributed by atoms with van der Waals surface area (Å²) in [7, 11) is 0. The highest BCUT2D eigenvalue weighted by Crippen LogP contribution is 2.37. The molecule has 2 aliphatic rings. The molecule has 0 saturated heterocycles. The zero-order valence-electron chi connectivity index (χ0n) is 14.5. The van der Waals surface area contributed by atoms with Gasteiger partial charge in [-0.15, -0.1) is 0 Å². The van der Waals surface area contributed by atoms with Crippen molar-refractivity contribution in [2.24, 2.45) is 0 Å². The molecule has 1 aliphatic heterocycles. The highest BCUT2D eigenvalue weighted by Gasteiger charge is 2.30. The molecule has 0 spiro atoms. The number of fused-ring (bicyclic) bond motifs is 1. The lowest BCUT2D eigenvalue weighted by atomic mass is 10.1. The fourth-order valence-corrected chi connectivity index (χ4v) is 3.74. The molecule has 1 aromatic carbocycles. The van der Waals surface area contributed by atoms with Crippen LogP contribution in [0.15, 0.2) is 29.0 Å². The van der Waals surface area contributed by atoms with Gasteiger partial charge in [0.15, 0.2) is 17.3 Å². The predicted octanol–water partition coefficient (Wildman–Crippen LogP) is 3.28. The molecule has 1 saturated carbocycles. The van der Waals surface area contributed by atoms with Crippen LogP contribution in [0.5, 0.6) is 11.5 Å². The number of Topliss-reactive ketones (excluding diaryl/α,β-unsaturated/α-hetero) is 1. The molecule has 0 unspecified atom stereocenters. The first-order valence-corrected chi connectivity index (χ1v) is 9.54. The number of ether oxygens (including phenoxy) is 2. The van der Waals surface area contributed by atoms with Crippen molar-refractivity contribution in [3.05, 3.63) is 40.1 Å². The summed E-state index contributed by atoms with van der Waals surface area (Å²) in [6.45, 7) is 2.66. The number of amides is 1. The highest BCUT2D eigenvalue weighted by molar-refractivity contribution is 7.07. The second-order valence-corrected chi connectivity index (χ2v) is 7.40. The Kier molecular flexibility index (Phi) is 4.65. The number of rotatable bonds is 7. The van der Waals surface area contributed by atoms with E-state index in [1.807, 2.05) is 5.38 Å². The Labute approximate surface area is 155 Å². The van der Waals surface area contributed by atoms with E-state index >= 15 is 0 Å². The number of nitrogens with zero attached hydrogens (tertiary/aromatic N) is 1. The molecule has 1 amide bonds. The van der Waals surface area contributed by atoms with Gasteiger partial charge in [-0.2, -0.15) is 11.3 Å². The van der Waals surface area contributed by atoms with Crippen molar-refractivity contribution >= 4 is 28.7 Å². The molecule has 1 aliphatic carbocycles. The van der Waals surface area contributed by atoms with E-state index in [0.717, 1.165) is 19.4 Å². The lowest BCUT2D eigenvalue weighted by molar-refractivity contribution is -0.117. The third-order valence-corrected chi connectivity index (χ3v) is 5.27. The van der Waals surface area contributed by atoms with Crippen LogP contribution in [0.2, 0.25) is 0 Å². The van der Waals surface area contributed by atoms with E-state index in [9.17, 15) is 9.59 Å². The van der Waals surface area contributed by atoms with Gasteiger partial charge in [-0.3, -0.25) is 14.5 Å². The standard InChI is InChI=1S/C19H20N2O4S/c1-12(22)15-6-17-18(25-11-24-17)7-16(15)20-19(23)9-21(14-2-3-14)8-13-4-5-26-10-13/h4-7,10,14H,2-3,8-9,11H2,1H3,(H,20,23). The minimum absolute atomic E-state index is 0.125. The van der Waals surface area contributed by atoms with Gasteiger partial charge in [0.05, 0.1) is 12.2 Å². The maximum atomic E-state index is 12.6. The van der Waals surface area contributed by atoms with Crippen LogP contribution in [-0.2, 0) is 11.3 Å². The molecule has 136 valence electrons. The van der Waals surface area contributed by atoms with Gasteiger partial charge in [0.25, 0.3) is 0 Å². The Hall–Kier alpha value is -2.38. The Morgan fingerprint density at radius 1 is 1.27 bits per heavy atom. The van der Waals surface area contributed by atoms with Crippen LogP contribution in [0.1, 0.15) is 35.7 Å². The number of nitrogens with one attached hydrogen (secondary N) is 1. The number of thiophene rings is 1. The van der Waals surface area contributed by atoms with Gasteiger partial charge in [-0.05, 0) is 48.2 Å². The summed E-state index contributed by atoms with van der Waals surface area (Å²) >= 11 is 1.66. The Morgan fingerprint density at radius 3 is 2.69 bits per heavy atom. The molecule has 0 radical (unpaired) electrons. The summed E-state index contributed by atoms with van der Waals surface area (Å²) in [5.41, 5.74) is 2.12. The van der Waals surface area contributed by atoms with Gasteiger partial charge in [0, 0.05) is 24.2 Å². The molecule has 7 heteroatoms. The van der Waals surface area contributed by atoms with E-state index in [0.29, 0.717) is 35.3 Å². The predicted molar refractivity (Wildman–Crippen MR) is 99.0 cm³/mol. The van der Waals surface area contributed by atoms with Crippen molar-refractivity contribution in [1.29, 1.82) is 0 Å². The van der Waals surface area contributed by atoms with E-state index in [1.165, 1.54) is 12.5 Å². The van der Waals surface area contributed by atoms with E-state index in [2.05, 4.69) is 21.7 Å². The molecule has 0 bridgehead atoms. The number of hydrogen-bond acceptors (Lipinski definition) is 6. The molecule has 26 heavy (non-hydrogen) atoms.